The Morgan fingerprint density at radius 2 is 2.05 bits per heavy atom. The van der Waals surface area contributed by atoms with E-state index < -0.39 is 0 Å². The Bertz CT molecular complexity index is 401. The summed E-state index contributed by atoms with van der Waals surface area (Å²) in [5.41, 5.74) is 6.36. The van der Waals surface area contributed by atoms with Gasteiger partial charge in [-0.1, -0.05) is 6.92 Å². The average molecular weight is 309 g/mol. The van der Waals surface area contributed by atoms with E-state index in [0.29, 0.717) is 23.8 Å². The topological polar surface area (TPSA) is 58.8 Å². The third-order valence-electron chi connectivity index (χ3n) is 6.24. The summed E-state index contributed by atoms with van der Waals surface area (Å²) in [7, 11) is 1.75. The van der Waals surface area contributed by atoms with Crippen LogP contribution in [0.3, 0.4) is 0 Å². The van der Waals surface area contributed by atoms with Crippen molar-refractivity contribution in [2.45, 2.75) is 44.7 Å². The Labute approximate surface area is 134 Å². The van der Waals surface area contributed by atoms with Crippen molar-refractivity contribution >= 4 is 5.91 Å². The van der Waals surface area contributed by atoms with Crippen LogP contribution >= 0.6 is 0 Å². The van der Waals surface area contributed by atoms with Crippen molar-refractivity contribution < 1.29 is 9.53 Å². The zero-order valence-electron chi connectivity index (χ0n) is 14.0. The number of methoxy groups -OCH3 is 1. The number of amides is 1. The summed E-state index contributed by atoms with van der Waals surface area (Å²) in [5, 5.41) is 0. The molecule has 1 heterocycles. The number of carbonyl (C=O) groups excluding carboxylic acids is 1. The van der Waals surface area contributed by atoms with Crippen molar-refractivity contribution in [3.63, 3.8) is 0 Å². The van der Waals surface area contributed by atoms with Crippen LogP contribution in [-0.4, -0.2) is 67.7 Å². The molecule has 5 nitrogen and oxygen atoms in total. The Hall–Kier alpha value is -0.650. The molecular weight excluding hydrogens is 278 g/mol. The van der Waals surface area contributed by atoms with Gasteiger partial charge < -0.3 is 15.4 Å². The number of piperazine rings is 1. The van der Waals surface area contributed by atoms with Gasteiger partial charge in [-0.2, -0.15) is 0 Å². The van der Waals surface area contributed by atoms with Gasteiger partial charge >= 0.3 is 0 Å². The zero-order valence-corrected chi connectivity index (χ0v) is 14.0. The Morgan fingerprint density at radius 3 is 2.68 bits per heavy atom. The normalized spacial score (nSPS) is 38.7. The quantitative estimate of drug-likeness (QED) is 0.821. The Balaban J connectivity index is 1.60. The highest BCUT2D eigenvalue weighted by molar-refractivity contribution is 5.80. The maximum atomic E-state index is 13.0. The van der Waals surface area contributed by atoms with Crippen molar-refractivity contribution in [3.8, 4) is 0 Å². The molecular formula is C17H31N3O2. The number of hydrogen-bond acceptors (Lipinski definition) is 4. The monoisotopic (exact) mass is 309 g/mol. The average Bonchev–Trinajstić information content (AvgIpc) is 3.13. The van der Waals surface area contributed by atoms with Crippen LogP contribution in [0.1, 0.15) is 32.6 Å². The molecule has 0 radical (unpaired) electrons. The van der Waals surface area contributed by atoms with Gasteiger partial charge in [-0.15, -0.1) is 0 Å². The number of nitrogens with zero attached hydrogens (tertiary/aromatic N) is 2. The summed E-state index contributed by atoms with van der Waals surface area (Å²) in [6.07, 6.45) is 4.70. The SMILES string of the molecule is CCC1CN(C(=O)C2C3CCC(C3)C2N)CCN1CCOC. The van der Waals surface area contributed by atoms with Crippen LogP contribution in [0.5, 0.6) is 0 Å². The first kappa shape index (κ1) is 16.2. The number of nitrogens with two attached hydrogens (primary N) is 1. The highest BCUT2D eigenvalue weighted by Crippen LogP contribution is 2.48. The van der Waals surface area contributed by atoms with Gasteiger partial charge in [0.1, 0.15) is 0 Å². The Kier molecular flexibility index (Phi) is 5.05. The van der Waals surface area contributed by atoms with E-state index >= 15 is 0 Å². The number of carbonyl (C=O) groups is 1. The van der Waals surface area contributed by atoms with Gasteiger partial charge in [-0.25, -0.2) is 0 Å². The molecule has 5 unspecified atom stereocenters. The minimum atomic E-state index is 0.0989. The molecule has 5 atom stereocenters. The fraction of sp³-hybridized carbons (Fsp3) is 0.941. The molecule has 5 heteroatoms. The first-order chi connectivity index (χ1) is 10.7. The van der Waals surface area contributed by atoms with Crippen LogP contribution in [0, 0.1) is 17.8 Å². The van der Waals surface area contributed by atoms with E-state index in [1.165, 1.54) is 19.3 Å². The number of hydrogen-bond donors (Lipinski definition) is 1. The van der Waals surface area contributed by atoms with Crippen LogP contribution in [0.4, 0.5) is 0 Å². The van der Waals surface area contributed by atoms with E-state index in [1.54, 1.807) is 7.11 Å². The predicted octanol–water partition coefficient (Wildman–Crippen LogP) is 0.929. The lowest BCUT2D eigenvalue weighted by Gasteiger charge is -2.43. The number of rotatable bonds is 5. The molecule has 126 valence electrons. The highest BCUT2D eigenvalue weighted by Gasteiger charge is 2.50. The fourth-order valence-corrected chi connectivity index (χ4v) is 4.90. The summed E-state index contributed by atoms with van der Waals surface area (Å²) in [6.45, 7) is 6.61. The lowest BCUT2D eigenvalue weighted by molar-refractivity contribution is -0.141. The molecule has 1 saturated heterocycles. The second-order valence-electron chi connectivity index (χ2n) is 7.31. The van der Waals surface area contributed by atoms with Crippen molar-refractivity contribution in [2.75, 3.05) is 39.9 Å². The summed E-state index contributed by atoms with van der Waals surface area (Å²) >= 11 is 0. The van der Waals surface area contributed by atoms with Gasteiger partial charge in [-0.3, -0.25) is 9.69 Å². The minimum absolute atomic E-state index is 0.0989. The minimum Gasteiger partial charge on any atom is -0.383 e. The molecule has 0 aromatic carbocycles. The Morgan fingerprint density at radius 1 is 1.27 bits per heavy atom. The molecule has 22 heavy (non-hydrogen) atoms. The summed E-state index contributed by atoms with van der Waals surface area (Å²) in [4.78, 5) is 17.6. The molecule has 1 aliphatic heterocycles. The number of fused-ring (bicyclic) bond motifs is 2. The molecule has 0 aromatic heterocycles. The van der Waals surface area contributed by atoms with Crippen molar-refractivity contribution in [2.24, 2.45) is 23.5 Å². The zero-order chi connectivity index (χ0) is 15.7. The van der Waals surface area contributed by atoms with E-state index in [2.05, 4.69) is 16.7 Å². The van der Waals surface area contributed by atoms with Crippen LogP contribution < -0.4 is 5.73 Å². The second kappa shape index (κ2) is 6.85. The molecule has 0 aromatic rings. The largest absolute Gasteiger partial charge is 0.383 e. The van der Waals surface area contributed by atoms with E-state index in [0.717, 1.165) is 39.2 Å². The molecule has 2 N–H and O–H groups in total. The molecule has 2 bridgehead atoms. The first-order valence-electron chi connectivity index (χ1n) is 8.93. The lowest BCUT2D eigenvalue weighted by Crippen LogP contribution is -2.58. The van der Waals surface area contributed by atoms with Crippen LogP contribution in [-0.2, 0) is 9.53 Å². The lowest BCUT2D eigenvalue weighted by atomic mass is 9.83. The van der Waals surface area contributed by atoms with Gasteiger partial charge in [0.05, 0.1) is 12.5 Å². The molecule has 3 rings (SSSR count). The molecule has 2 aliphatic carbocycles. The predicted molar refractivity (Wildman–Crippen MR) is 86.4 cm³/mol. The highest BCUT2D eigenvalue weighted by atomic mass is 16.5. The maximum Gasteiger partial charge on any atom is 0.227 e. The van der Waals surface area contributed by atoms with Gasteiger partial charge in [-0.05, 0) is 37.5 Å². The van der Waals surface area contributed by atoms with E-state index in [-0.39, 0.29) is 12.0 Å². The summed E-state index contributed by atoms with van der Waals surface area (Å²) in [5.74, 6) is 1.59. The summed E-state index contributed by atoms with van der Waals surface area (Å²) in [6, 6.07) is 0.570. The fourth-order valence-electron chi connectivity index (χ4n) is 4.90. The van der Waals surface area contributed by atoms with E-state index in [4.69, 9.17) is 10.5 Å². The molecule has 0 spiro atoms. The second-order valence-corrected chi connectivity index (χ2v) is 7.31. The maximum absolute atomic E-state index is 13.0. The van der Waals surface area contributed by atoms with E-state index in [9.17, 15) is 4.79 Å². The van der Waals surface area contributed by atoms with Gasteiger partial charge in [0.25, 0.3) is 0 Å². The molecule has 3 aliphatic rings. The third kappa shape index (κ3) is 2.91. The van der Waals surface area contributed by atoms with Gasteiger partial charge in [0.2, 0.25) is 5.91 Å². The molecule has 2 saturated carbocycles. The van der Waals surface area contributed by atoms with E-state index in [1.807, 2.05) is 0 Å². The van der Waals surface area contributed by atoms with Crippen LogP contribution in [0.15, 0.2) is 0 Å². The first-order valence-corrected chi connectivity index (χ1v) is 8.93. The van der Waals surface area contributed by atoms with Crippen LogP contribution in [0.2, 0.25) is 0 Å². The van der Waals surface area contributed by atoms with Crippen molar-refractivity contribution in [1.29, 1.82) is 0 Å². The molecule has 1 amide bonds. The van der Waals surface area contributed by atoms with Gasteiger partial charge in [0, 0.05) is 45.4 Å². The van der Waals surface area contributed by atoms with Gasteiger partial charge in [0.15, 0.2) is 0 Å². The third-order valence-corrected chi connectivity index (χ3v) is 6.24. The summed E-state index contributed by atoms with van der Waals surface area (Å²) < 4.78 is 5.20. The number of ether oxygens (including phenoxy) is 1. The standard InChI is InChI=1S/C17H31N3O2/c1-3-14-11-20(7-6-19(14)8-9-22-2)17(21)15-12-4-5-13(10-12)16(15)18/h12-16H,3-11,18H2,1-2H3. The van der Waals surface area contributed by atoms with Crippen LogP contribution in [0.25, 0.3) is 0 Å². The van der Waals surface area contributed by atoms with Crippen molar-refractivity contribution in [1.82, 2.24) is 9.80 Å². The van der Waals surface area contributed by atoms with Crippen molar-refractivity contribution in [3.05, 3.63) is 0 Å². The smallest absolute Gasteiger partial charge is 0.227 e. The molecule has 3 fully saturated rings.